The number of hydrogen-bond acceptors (Lipinski definition) is 5. The van der Waals surface area contributed by atoms with Gasteiger partial charge in [0.05, 0.1) is 12.2 Å². The number of allylic oxidation sites excluding steroid dienone is 2. The summed E-state index contributed by atoms with van der Waals surface area (Å²) in [5, 5.41) is 7.97. The molecule has 1 unspecified atom stereocenters. The van der Waals surface area contributed by atoms with E-state index in [1.165, 1.54) is 6.07 Å². The van der Waals surface area contributed by atoms with Crippen molar-refractivity contribution in [3.05, 3.63) is 71.2 Å². The smallest absolute Gasteiger partial charge is 0.226 e. The minimum absolute atomic E-state index is 0.0937. The van der Waals surface area contributed by atoms with E-state index in [2.05, 4.69) is 29.2 Å². The molecule has 1 aliphatic heterocycles. The van der Waals surface area contributed by atoms with E-state index in [-0.39, 0.29) is 22.8 Å². The fourth-order valence-corrected chi connectivity index (χ4v) is 4.59. The molecule has 2 aliphatic rings. The number of nitrogens with one attached hydrogen (secondary N) is 1. The predicted molar refractivity (Wildman–Crippen MR) is 120 cm³/mol. The summed E-state index contributed by atoms with van der Waals surface area (Å²) < 4.78 is 21.7. The molecule has 0 spiro atoms. The number of rotatable bonds is 4. The van der Waals surface area contributed by atoms with E-state index < -0.39 is 6.04 Å². The second kappa shape index (κ2) is 7.58. The molecule has 0 bridgehead atoms. The predicted octanol–water partition coefficient (Wildman–Crippen LogP) is 5.14. The van der Waals surface area contributed by atoms with Gasteiger partial charge in [0.1, 0.15) is 17.6 Å². The normalized spacial score (nSPS) is 19.2. The summed E-state index contributed by atoms with van der Waals surface area (Å²) in [4.78, 5) is 17.9. The van der Waals surface area contributed by atoms with Crippen LogP contribution in [0.5, 0.6) is 5.75 Å². The number of fused-ring (bicyclic) bond motifs is 1. The van der Waals surface area contributed by atoms with E-state index in [0.717, 1.165) is 23.4 Å². The molecule has 1 N–H and O–H groups in total. The van der Waals surface area contributed by atoms with Gasteiger partial charge in [0.2, 0.25) is 5.95 Å². The van der Waals surface area contributed by atoms with Gasteiger partial charge in [-0.2, -0.15) is 4.98 Å². The Morgan fingerprint density at radius 1 is 1.16 bits per heavy atom. The van der Waals surface area contributed by atoms with Gasteiger partial charge in [-0.15, -0.1) is 5.10 Å². The summed E-state index contributed by atoms with van der Waals surface area (Å²) in [6.45, 7) is 6.69. The zero-order valence-electron chi connectivity index (χ0n) is 18.4. The topological polar surface area (TPSA) is 69.0 Å². The van der Waals surface area contributed by atoms with Crippen LogP contribution in [0.15, 0.2) is 59.8 Å². The molecule has 32 heavy (non-hydrogen) atoms. The number of carbonyl (C=O) groups excluding carboxylic acids is 1. The first-order valence-corrected chi connectivity index (χ1v) is 10.8. The number of anilines is 1. The van der Waals surface area contributed by atoms with Crippen molar-refractivity contribution in [3.63, 3.8) is 0 Å². The van der Waals surface area contributed by atoms with Gasteiger partial charge < -0.3 is 10.1 Å². The number of nitrogens with zero attached hydrogens (tertiary/aromatic N) is 3. The molecule has 3 aromatic rings. The van der Waals surface area contributed by atoms with Crippen molar-refractivity contribution in [1.82, 2.24) is 14.8 Å². The third-order valence-corrected chi connectivity index (χ3v) is 5.95. The summed E-state index contributed by atoms with van der Waals surface area (Å²) in [5.74, 6) is 1.26. The standard InChI is InChI=1S/C25H25FN4O2/c1-4-32-16-11-9-15(10-12-16)22-21-19(13-25(2,3)14-20(21)31)27-24-28-23(29-30(22)24)17-7-5-6-8-18(17)26/h5-12,22H,4,13-14H2,1-3H3,(H,27,28,29). The quantitative estimate of drug-likeness (QED) is 0.618. The van der Waals surface area contributed by atoms with E-state index in [1.807, 2.05) is 31.2 Å². The average Bonchev–Trinajstić information content (AvgIpc) is 3.16. The van der Waals surface area contributed by atoms with Crippen LogP contribution in [0.3, 0.4) is 0 Å². The van der Waals surface area contributed by atoms with Crippen molar-refractivity contribution in [2.75, 3.05) is 11.9 Å². The number of aromatic nitrogens is 3. The number of carbonyl (C=O) groups is 1. The number of halogens is 1. The Bertz CT molecular complexity index is 1230. The highest BCUT2D eigenvalue weighted by Gasteiger charge is 2.42. The summed E-state index contributed by atoms with van der Waals surface area (Å²) in [6, 6.07) is 13.7. The van der Waals surface area contributed by atoms with Crippen molar-refractivity contribution in [2.45, 2.75) is 39.7 Å². The zero-order valence-corrected chi connectivity index (χ0v) is 18.4. The molecule has 5 rings (SSSR count). The number of ketones is 1. The van der Waals surface area contributed by atoms with Gasteiger partial charge in [-0.3, -0.25) is 4.79 Å². The molecule has 164 valence electrons. The zero-order chi connectivity index (χ0) is 22.5. The van der Waals surface area contributed by atoms with Gasteiger partial charge in [0.25, 0.3) is 0 Å². The van der Waals surface area contributed by atoms with Crippen molar-refractivity contribution in [2.24, 2.45) is 5.41 Å². The maximum atomic E-state index is 14.4. The molecule has 2 aromatic carbocycles. The Morgan fingerprint density at radius 2 is 1.91 bits per heavy atom. The summed E-state index contributed by atoms with van der Waals surface area (Å²) in [5.41, 5.74) is 2.65. The minimum Gasteiger partial charge on any atom is -0.494 e. The molecule has 0 amide bonds. The van der Waals surface area contributed by atoms with Gasteiger partial charge in [0, 0.05) is 17.7 Å². The lowest BCUT2D eigenvalue weighted by molar-refractivity contribution is -0.118. The molecule has 0 radical (unpaired) electrons. The first-order chi connectivity index (χ1) is 15.4. The van der Waals surface area contributed by atoms with Gasteiger partial charge in [-0.1, -0.05) is 38.1 Å². The first-order valence-electron chi connectivity index (χ1n) is 10.8. The Labute approximate surface area is 186 Å². The van der Waals surface area contributed by atoms with Gasteiger partial charge in [-0.05, 0) is 48.6 Å². The van der Waals surface area contributed by atoms with Crippen molar-refractivity contribution in [3.8, 4) is 17.1 Å². The van der Waals surface area contributed by atoms with E-state index in [0.29, 0.717) is 30.1 Å². The molecule has 6 nitrogen and oxygen atoms in total. The van der Waals surface area contributed by atoms with Crippen molar-refractivity contribution in [1.29, 1.82) is 0 Å². The van der Waals surface area contributed by atoms with Crippen LogP contribution >= 0.6 is 0 Å². The van der Waals surface area contributed by atoms with Gasteiger partial charge >= 0.3 is 0 Å². The van der Waals surface area contributed by atoms with Crippen LogP contribution in [0.2, 0.25) is 0 Å². The lowest BCUT2D eigenvalue weighted by Gasteiger charge is -2.38. The second-order valence-electron chi connectivity index (χ2n) is 9.05. The minimum atomic E-state index is -0.437. The van der Waals surface area contributed by atoms with Crippen LogP contribution in [-0.4, -0.2) is 27.2 Å². The molecule has 0 fully saturated rings. The Morgan fingerprint density at radius 3 is 2.62 bits per heavy atom. The Kier molecular flexibility index (Phi) is 4.84. The van der Waals surface area contributed by atoms with Crippen molar-refractivity contribution < 1.29 is 13.9 Å². The monoisotopic (exact) mass is 432 g/mol. The fraction of sp³-hybridized carbons (Fsp3) is 0.320. The molecule has 2 heterocycles. The average molecular weight is 432 g/mol. The molecular formula is C25H25FN4O2. The molecule has 0 saturated heterocycles. The van der Waals surface area contributed by atoms with Crippen LogP contribution < -0.4 is 10.1 Å². The third-order valence-electron chi connectivity index (χ3n) is 5.95. The molecule has 1 aliphatic carbocycles. The Balaban J connectivity index is 1.65. The van der Waals surface area contributed by atoms with Crippen LogP contribution in [-0.2, 0) is 4.79 Å². The molecule has 0 saturated carbocycles. The van der Waals surface area contributed by atoms with E-state index in [9.17, 15) is 9.18 Å². The van der Waals surface area contributed by atoms with Crippen LogP contribution in [0.25, 0.3) is 11.4 Å². The molecule has 1 aromatic heterocycles. The van der Waals surface area contributed by atoms with E-state index in [4.69, 9.17) is 4.74 Å². The highest BCUT2D eigenvalue weighted by molar-refractivity contribution is 6.00. The maximum absolute atomic E-state index is 14.4. The highest BCUT2D eigenvalue weighted by Crippen LogP contribution is 2.45. The summed E-state index contributed by atoms with van der Waals surface area (Å²) in [6.07, 6.45) is 1.19. The summed E-state index contributed by atoms with van der Waals surface area (Å²) >= 11 is 0. The highest BCUT2D eigenvalue weighted by atomic mass is 19.1. The number of Topliss-reactive ketones (excluding diaryl/α,β-unsaturated/α-hetero) is 1. The first kappa shape index (κ1) is 20.4. The van der Waals surface area contributed by atoms with Crippen LogP contribution in [0.1, 0.15) is 45.2 Å². The molecular weight excluding hydrogens is 407 g/mol. The fourth-order valence-electron chi connectivity index (χ4n) is 4.59. The molecule has 7 heteroatoms. The van der Waals surface area contributed by atoms with E-state index in [1.54, 1.807) is 22.9 Å². The summed E-state index contributed by atoms with van der Waals surface area (Å²) in [7, 11) is 0. The maximum Gasteiger partial charge on any atom is 0.226 e. The largest absolute Gasteiger partial charge is 0.494 e. The second-order valence-corrected chi connectivity index (χ2v) is 9.05. The third kappa shape index (κ3) is 3.47. The number of benzene rings is 2. The molecule has 1 atom stereocenters. The van der Waals surface area contributed by atoms with Gasteiger partial charge in [-0.25, -0.2) is 9.07 Å². The number of ether oxygens (including phenoxy) is 1. The van der Waals surface area contributed by atoms with Crippen LogP contribution in [0, 0.1) is 11.2 Å². The number of hydrogen-bond donors (Lipinski definition) is 1. The van der Waals surface area contributed by atoms with E-state index >= 15 is 0 Å². The van der Waals surface area contributed by atoms with Crippen LogP contribution in [0.4, 0.5) is 10.3 Å². The SMILES string of the molecule is CCOc1ccc(C2C3=C(CC(C)(C)CC3=O)Nc3nc(-c4ccccc4F)nn32)cc1. The van der Waals surface area contributed by atoms with Gasteiger partial charge in [0.15, 0.2) is 11.6 Å². The van der Waals surface area contributed by atoms with Crippen molar-refractivity contribution >= 4 is 11.7 Å². The lowest BCUT2D eigenvalue weighted by atomic mass is 9.73. The lowest BCUT2D eigenvalue weighted by Crippen LogP contribution is -2.36. The Hall–Kier alpha value is -3.48.